The van der Waals surface area contributed by atoms with Gasteiger partial charge in [-0.05, 0) is 54.4 Å². The van der Waals surface area contributed by atoms with E-state index in [4.69, 9.17) is 9.47 Å². The Morgan fingerprint density at radius 2 is 2.10 bits per heavy atom. The maximum atomic E-state index is 12.7. The number of Topliss-reactive ketones (excluding diaryl/α,β-unsaturated/α-hetero) is 1. The normalized spacial score (nSPS) is 31.7. The number of fused-ring (bicyclic) bond motifs is 2. The molecule has 0 spiro atoms. The SMILES string of the molecule is CCCCC1=C(I)C2(OC)CCC(=O)C1(C(=O)OCC)C2. The molecular formula is C16H23IO4. The number of hydrogen-bond donors (Lipinski definition) is 0. The van der Waals surface area contributed by atoms with E-state index >= 15 is 0 Å². The van der Waals surface area contributed by atoms with Crippen molar-refractivity contribution in [1.29, 1.82) is 0 Å². The van der Waals surface area contributed by atoms with Gasteiger partial charge in [0.15, 0.2) is 11.2 Å². The maximum Gasteiger partial charge on any atom is 0.323 e. The van der Waals surface area contributed by atoms with Crippen LogP contribution in [0, 0.1) is 5.41 Å². The average molecular weight is 406 g/mol. The van der Waals surface area contributed by atoms with Gasteiger partial charge >= 0.3 is 5.97 Å². The summed E-state index contributed by atoms with van der Waals surface area (Å²) in [5.41, 5.74) is -0.604. The van der Waals surface area contributed by atoms with Gasteiger partial charge in [-0.1, -0.05) is 13.3 Å². The van der Waals surface area contributed by atoms with Crippen LogP contribution >= 0.6 is 22.6 Å². The van der Waals surface area contributed by atoms with E-state index in [0.717, 1.165) is 28.4 Å². The molecule has 2 bridgehead atoms. The zero-order chi connectivity index (χ0) is 15.7. The van der Waals surface area contributed by atoms with Crippen molar-refractivity contribution >= 4 is 34.3 Å². The minimum atomic E-state index is -1.09. The number of carbonyl (C=O) groups is 2. The van der Waals surface area contributed by atoms with E-state index < -0.39 is 11.0 Å². The van der Waals surface area contributed by atoms with E-state index in [0.29, 0.717) is 25.9 Å². The van der Waals surface area contributed by atoms with Crippen molar-refractivity contribution < 1.29 is 19.1 Å². The summed E-state index contributed by atoms with van der Waals surface area (Å²) in [6.45, 7) is 4.19. The molecule has 0 aliphatic heterocycles. The van der Waals surface area contributed by atoms with Crippen LogP contribution in [-0.4, -0.2) is 31.1 Å². The molecule has 21 heavy (non-hydrogen) atoms. The van der Waals surface area contributed by atoms with Crippen molar-refractivity contribution in [2.24, 2.45) is 5.41 Å². The molecule has 0 aromatic rings. The lowest BCUT2D eigenvalue weighted by atomic mass is 9.68. The molecule has 0 saturated heterocycles. The van der Waals surface area contributed by atoms with Crippen molar-refractivity contribution in [3.8, 4) is 0 Å². The Hall–Kier alpha value is -0.430. The summed E-state index contributed by atoms with van der Waals surface area (Å²) in [6.07, 6.45) is 4.23. The van der Waals surface area contributed by atoms with E-state index in [9.17, 15) is 9.59 Å². The maximum absolute atomic E-state index is 12.7. The van der Waals surface area contributed by atoms with Gasteiger partial charge in [0.25, 0.3) is 0 Å². The zero-order valence-corrected chi connectivity index (χ0v) is 15.1. The summed E-state index contributed by atoms with van der Waals surface area (Å²) >= 11 is 2.28. The molecule has 2 atom stereocenters. The first-order chi connectivity index (χ1) is 9.98. The molecule has 2 aliphatic rings. The number of carbonyl (C=O) groups excluding carboxylic acids is 2. The Labute approximate surface area is 139 Å². The first kappa shape index (κ1) is 16.9. The van der Waals surface area contributed by atoms with Crippen LogP contribution in [0.3, 0.4) is 0 Å². The third-order valence-corrected chi connectivity index (χ3v) is 6.39. The fourth-order valence-corrected chi connectivity index (χ4v) is 4.98. The summed E-state index contributed by atoms with van der Waals surface area (Å²) in [7, 11) is 1.67. The Morgan fingerprint density at radius 3 is 2.67 bits per heavy atom. The lowest BCUT2D eigenvalue weighted by Gasteiger charge is -2.37. The van der Waals surface area contributed by atoms with Crippen molar-refractivity contribution in [3.63, 3.8) is 0 Å². The Morgan fingerprint density at radius 1 is 1.38 bits per heavy atom. The second-order valence-electron chi connectivity index (χ2n) is 5.82. The Kier molecular flexibility index (Phi) is 5.13. The summed E-state index contributed by atoms with van der Waals surface area (Å²) in [6, 6.07) is 0. The number of rotatable bonds is 6. The van der Waals surface area contributed by atoms with E-state index in [1.807, 2.05) is 0 Å². The molecule has 1 fully saturated rings. The molecule has 5 heteroatoms. The fraction of sp³-hybridized carbons (Fsp3) is 0.750. The highest BCUT2D eigenvalue weighted by Gasteiger charge is 2.64. The standard InChI is InChI=1S/C16H23IO4/c1-4-6-7-11-13(17)15(20-3)9-8-12(18)16(11,10-15)14(19)21-5-2/h4-10H2,1-3H3. The molecule has 0 amide bonds. The topological polar surface area (TPSA) is 52.6 Å². The number of ether oxygens (including phenoxy) is 2. The summed E-state index contributed by atoms with van der Waals surface area (Å²) in [4.78, 5) is 25.3. The van der Waals surface area contributed by atoms with Gasteiger partial charge < -0.3 is 9.47 Å². The van der Waals surface area contributed by atoms with Gasteiger partial charge in [0.2, 0.25) is 0 Å². The van der Waals surface area contributed by atoms with Crippen LogP contribution in [0.25, 0.3) is 0 Å². The molecule has 2 rings (SSSR count). The van der Waals surface area contributed by atoms with E-state index in [1.165, 1.54) is 0 Å². The molecule has 4 nitrogen and oxygen atoms in total. The van der Waals surface area contributed by atoms with Gasteiger partial charge in [-0.15, -0.1) is 0 Å². The predicted molar refractivity (Wildman–Crippen MR) is 88.2 cm³/mol. The lowest BCUT2D eigenvalue weighted by molar-refractivity contribution is -0.163. The summed E-state index contributed by atoms with van der Waals surface area (Å²) in [5, 5.41) is 0. The van der Waals surface area contributed by atoms with Gasteiger partial charge in [-0.25, -0.2) is 0 Å². The van der Waals surface area contributed by atoms with Gasteiger partial charge in [-0.3, -0.25) is 9.59 Å². The van der Waals surface area contributed by atoms with Crippen LogP contribution in [0.15, 0.2) is 9.15 Å². The van der Waals surface area contributed by atoms with Crippen LogP contribution in [0.1, 0.15) is 52.4 Å². The third kappa shape index (κ3) is 2.46. The highest BCUT2D eigenvalue weighted by Crippen LogP contribution is 2.60. The molecule has 0 aromatic heterocycles. The number of halogens is 1. The third-order valence-electron chi connectivity index (χ3n) is 4.76. The van der Waals surface area contributed by atoms with Crippen LogP contribution in [0.5, 0.6) is 0 Å². The predicted octanol–water partition coefficient (Wildman–Crippen LogP) is 3.57. The minimum Gasteiger partial charge on any atom is -0.465 e. The van der Waals surface area contributed by atoms with Gasteiger partial charge in [-0.2, -0.15) is 0 Å². The molecule has 2 aliphatic carbocycles. The Balaban J connectivity index is 2.52. The highest BCUT2D eigenvalue weighted by atomic mass is 127. The first-order valence-electron chi connectivity index (χ1n) is 7.63. The summed E-state index contributed by atoms with van der Waals surface area (Å²) in [5.74, 6) is -0.375. The second-order valence-corrected chi connectivity index (χ2v) is 6.90. The van der Waals surface area contributed by atoms with Crippen LogP contribution in [0.2, 0.25) is 0 Å². The number of unbranched alkanes of at least 4 members (excludes halogenated alkanes) is 1. The van der Waals surface area contributed by atoms with Crippen molar-refractivity contribution in [1.82, 2.24) is 0 Å². The van der Waals surface area contributed by atoms with Gasteiger partial charge in [0.1, 0.15) is 5.60 Å². The molecular weight excluding hydrogens is 383 g/mol. The molecule has 1 saturated carbocycles. The van der Waals surface area contributed by atoms with Crippen molar-refractivity contribution in [3.05, 3.63) is 9.15 Å². The van der Waals surface area contributed by atoms with E-state index in [2.05, 4.69) is 29.5 Å². The molecule has 2 unspecified atom stereocenters. The van der Waals surface area contributed by atoms with E-state index in [1.54, 1.807) is 14.0 Å². The minimum absolute atomic E-state index is 0.00592. The van der Waals surface area contributed by atoms with Crippen LogP contribution in [0.4, 0.5) is 0 Å². The van der Waals surface area contributed by atoms with Crippen molar-refractivity contribution in [2.75, 3.05) is 13.7 Å². The molecule has 0 aromatic carbocycles. The van der Waals surface area contributed by atoms with Crippen LogP contribution < -0.4 is 0 Å². The quantitative estimate of drug-likeness (QED) is 0.385. The zero-order valence-electron chi connectivity index (χ0n) is 13.0. The second kappa shape index (κ2) is 6.36. The first-order valence-corrected chi connectivity index (χ1v) is 8.71. The number of ketones is 1. The number of hydrogen-bond acceptors (Lipinski definition) is 4. The van der Waals surface area contributed by atoms with Crippen LogP contribution in [-0.2, 0) is 19.1 Å². The van der Waals surface area contributed by atoms with Crippen molar-refractivity contribution in [2.45, 2.75) is 58.0 Å². The molecule has 0 heterocycles. The number of methoxy groups -OCH3 is 1. The number of esters is 1. The Bertz CT molecular complexity index is 485. The smallest absolute Gasteiger partial charge is 0.323 e. The summed E-state index contributed by atoms with van der Waals surface area (Å²) < 4.78 is 12.1. The molecule has 0 radical (unpaired) electrons. The highest BCUT2D eigenvalue weighted by molar-refractivity contribution is 14.1. The van der Waals surface area contributed by atoms with Gasteiger partial charge in [0.05, 0.1) is 6.61 Å². The van der Waals surface area contributed by atoms with Gasteiger partial charge in [0, 0.05) is 23.5 Å². The largest absolute Gasteiger partial charge is 0.465 e. The lowest BCUT2D eigenvalue weighted by Crippen LogP contribution is -2.48. The van der Waals surface area contributed by atoms with E-state index in [-0.39, 0.29) is 11.8 Å². The molecule has 118 valence electrons. The average Bonchev–Trinajstić information content (AvgIpc) is 2.69. The molecule has 0 N–H and O–H groups in total. The monoisotopic (exact) mass is 406 g/mol. The fourth-order valence-electron chi connectivity index (χ4n) is 3.57.